The molecule has 0 atom stereocenters. The summed E-state index contributed by atoms with van der Waals surface area (Å²) in [6.07, 6.45) is 2.40. The number of nitrogens with one attached hydrogen (secondary N) is 3. The fourth-order valence-electron chi connectivity index (χ4n) is 2.88. The number of rotatable bonds is 7. The summed E-state index contributed by atoms with van der Waals surface area (Å²) in [5.41, 5.74) is -0.204. The molecule has 150 valence electrons. The maximum Gasteiger partial charge on any atom is 0.275 e. The van der Waals surface area contributed by atoms with Crippen molar-refractivity contribution >= 4 is 40.0 Å². The largest absolute Gasteiger partial charge is 0.357 e. The highest BCUT2D eigenvalue weighted by Gasteiger charge is 2.27. The Kier molecular flexibility index (Phi) is 6.59. The van der Waals surface area contributed by atoms with E-state index in [4.69, 9.17) is 0 Å². The first-order valence-electron chi connectivity index (χ1n) is 9.44. The number of quaternary nitrogens is 1. The number of carbonyl (C=O) groups is 2. The molecule has 2 aliphatic rings. The summed E-state index contributed by atoms with van der Waals surface area (Å²) >= 11 is 2.96. The Hall–Kier alpha value is -1.39. The quantitative estimate of drug-likeness (QED) is 0.539. The van der Waals surface area contributed by atoms with Crippen LogP contribution in [0.15, 0.2) is 4.34 Å². The molecule has 0 unspecified atom stereocenters. The molecule has 1 aliphatic carbocycles. The minimum Gasteiger partial charge on any atom is -0.357 e. The molecule has 0 bridgehead atoms. The van der Waals surface area contributed by atoms with Gasteiger partial charge in [0.2, 0.25) is 11.0 Å². The molecular weight excluding hydrogens is 384 g/mol. The first-order chi connectivity index (χ1) is 12.8. The molecular formula is C17H29N6O2S2+. The van der Waals surface area contributed by atoms with Crippen molar-refractivity contribution in [1.82, 2.24) is 20.4 Å². The Labute approximate surface area is 168 Å². The van der Waals surface area contributed by atoms with Crippen molar-refractivity contribution in [3.05, 3.63) is 0 Å². The van der Waals surface area contributed by atoms with Crippen LogP contribution < -0.4 is 15.5 Å². The summed E-state index contributed by atoms with van der Waals surface area (Å²) in [4.78, 5) is 27.6. The van der Waals surface area contributed by atoms with E-state index in [1.807, 2.05) is 25.7 Å². The molecule has 1 saturated heterocycles. The van der Waals surface area contributed by atoms with E-state index in [0.29, 0.717) is 31.4 Å². The monoisotopic (exact) mass is 413 g/mol. The molecule has 2 amide bonds. The van der Waals surface area contributed by atoms with Gasteiger partial charge in [-0.15, -0.1) is 10.2 Å². The second-order valence-corrected chi connectivity index (χ2v) is 10.4. The highest BCUT2D eigenvalue weighted by Crippen LogP contribution is 2.30. The predicted octanol–water partition coefficient (Wildman–Crippen LogP) is -0.154. The van der Waals surface area contributed by atoms with E-state index in [9.17, 15) is 9.59 Å². The van der Waals surface area contributed by atoms with Gasteiger partial charge in [-0.2, -0.15) is 0 Å². The first-order valence-corrected chi connectivity index (χ1v) is 11.2. The number of piperazine rings is 1. The third kappa shape index (κ3) is 6.93. The molecule has 3 rings (SSSR count). The number of thioether (sulfide) groups is 1. The van der Waals surface area contributed by atoms with Gasteiger partial charge in [0, 0.05) is 11.6 Å². The van der Waals surface area contributed by atoms with E-state index in [2.05, 4.69) is 20.8 Å². The van der Waals surface area contributed by atoms with Crippen molar-refractivity contribution in [2.24, 2.45) is 0 Å². The number of carbonyl (C=O) groups excluding carboxylic acids is 2. The van der Waals surface area contributed by atoms with Crippen molar-refractivity contribution in [2.75, 3.05) is 43.8 Å². The lowest BCUT2D eigenvalue weighted by Crippen LogP contribution is -3.16. The summed E-state index contributed by atoms with van der Waals surface area (Å²) in [7, 11) is 0. The second-order valence-electron chi connectivity index (χ2n) is 8.19. The molecule has 8 nitrogen and oxygen atoms in total. The van der Waals surface area contributed by atoms with Crippen molar-refractivity contribution in [3.63, 3.8) is 0 Å². The van der Waals surface area contributed by atoms with Gasteiger partial charge in [0.1, 0.15) is 0 Å². The normalized spacial score (nSPS) is 18.4. The van der Waals surface area contributed by atoms with Gasteiger partial charge >= 0.3 is 0 Å². The summed E-state index contributed by atoms with van der Waals surface area (Å²) < 4.78 is 0.828. The van der Waals surface area contributed by atoms with Crippen LogP contribution in [0.5, 0.6) is 0 Å². The van der Waals surface area contributed by atoms with Gasteiger partial charge in [0.05, 0.1) is 31.9 Å². The fourth-order valence-corrected chi connectivity index (χ4v) is 4.61. The van der Waals surface area contributed by atoms with Crippen LogP contribution in [-0.2, 0) is 9.59 Å². The maximum atomic E-state index is 12.4. The van der Waals surface area contributed by atoms with Crippen LogP contribution >= 0.6 is 23.1 Å². The number of hydrogen-bond donors (Lipinski definition) is 3. The zero-order valence-corrected chi connectivity index (χ0v) is 17.8. The van der Waals surface area contributed by atoms with Gasteiger partial charge in [-0.25, -0.2) is 0 Å². The molecule has 27 heavy (non-hydrogen) atoms. The van der Waals surface area contributed by atoms with Gasteiger partial charge in [-0.1, -0.05) is 23.1 Å². The Morgan fingerprint density at radius 1 is 1.26 bits per heavy atom. The average Bonchev–Trinajstić information content (AvgIpc) is 3.28. The molecule has 0 radical (unpaired) electrons. The van der Waals surface area contributed by atoms with Crippen LogP contribution in [0.2, 0.25) is 0 Å². The standard InChI is InChI=1S/C17H28N6O2S2/c1-17(2,3)19-13(24)10-22-6-8-23(9-7-22)14(25)11-26-16-21-20-15(27-16)18-12-4-5-12/h12H,4-11H2,1-3H3,(H,18,20)(H,19,24)/p+1. The number of amides is 2. The van der Waals surface area contributed by atoms with Gasteiger partial charge in [-0.3, -0.25) is 9.59 Å². The first kappa shape index (κ1) is 20.3. The van der Waals surface area contributed by atoms with Gasteiger partial charge in [0.15, 0.2) is 10.9 Å². The van der Waals surface area contributed by atoms with Crippen LogP contribution in [0.25, 0.3) is 0 Å². The van der Waals surface area contributed by atoms with E-state index in [1.54, 1.807) is 0 Å². The number of aromatic nitrogens is 2. The number of hydrogen-bond acceptors (Lipinski definition) is 7. The van der Waals surface area contributed by atoms with Crippen LogP contribution in [-0.4, -0.2) is 77.0 Å². The molecule has 1 saturated carbocycles. The topological polar surface area (TPSA) is 91.7 Å². The van der Waals surface area contributed by atoms with Crippen LogP contribution in [0.1, 0.15) is 33.6 Å². The summed E-state index contributed by atoms with van der Waals surface area (Å²) in [6, 6.07) is 0.557. The highest BCUT2D eigenvalue weighted by molar-refractivity contribution is 8.01. The molecule has 2 heterocycles. The Morgan fingerprint density at radius 3 is 2.59 bits per heavy atom. The maximum absolute atomic E-state index is 12.4. The molecule has 10 heteroatoms. The smallest absolute Gasteiger partial charge is 0.275 e. The Morgan fingerprint density at radius 2 is 1.96 bits per heavy atom. The molecule has 3 N–H and O–H groups in total. The summed E-state index contributed by atoms with van der Waals surface area (Å²) in [6.45, 7) is 9.43. The summed E-state index contributed by atoms with van der Waals surface area (Å²) in [5, 5.41) is 15.4. The van der Waals surface area contributed by atoms with Gasteiger partial charge in [-0.05, 0) is 33.6 Å². The van der Waals surface area contributed by atoms with Crippen molar-refractivity contribution in [3.8, 4) is 0 Å². The van der Waals surface area contributed by atoms with Crippen LogP contribution in [0, 0.1) is 0 Å². The zero-order chi connectivity index (χ0) is 19.4. The van der Waals surface area contributed by atoms with E-state index in [0.717, 1.165) is 22.6 Å². The Balaban J connectivity index is 1.35. The molecule has 0 aromatic carbocycles. The van der Waals surface area contributed by atoms with Crippen LogP contribution in [0.3, 0.4) is 0 Å². The van der Waals surface area contributed by atoms with Crippen molar-refractivity contribution < 1.29 is 14.5 Å². The molecule has 0 spiro atoms. The number of anilines is 1. The van der Waals surface area contributed by atoms with Crippen molar-refractivity contribution in [2.45, 2.75) is 49.5 Å². The lowest BCUT2D eigenvalue weighted by atomic mass is 10.1. The van der Waals surface area contributed by atoms with E-state index in [1.165, 1.54) is 40.8 Å². The van der Waals surface area contributed by atoms with E-state index >= 15 is 0 Å². The molecule has 1 aliphatic heterocycles. The third-order valence-electron chi connectivity index (χ3n) is 4.38. The second kappa shape index (κ2) is 8.74. The average molecular weight is 414 g/mol. The minimum atomic E-state index is -0.204. The van der Waals surface area contributed by atoms with Gasteiger partial charge < -0.3 is 20.4 Å². The van der Waals surface area contributed by atoms with Gasteiger partial charge in [0.25, 0.3) is 5.91 Å². The summed E-state index contributed by atoms with van der Waals surface area (Å²) in [5.74, 6) is 0.586. The lowest BCUT2D eigenvalue weighted by Gasteiger charge is -2.32. The minimum absolute atomic E-state index is 0.0692. The zero-order valence-electron chi connectivity index (χ0n) is 16.2. The lowest BCUT2D eigenvalue weighted by molar-refractivity contribution is -0.896. The predicted molar refractivity (Wildman–Crippen MR) is 107 cm³/mol. The molecule has 2 fully saturated rings. The third-order valence-corrected chi connectivity index (χ3v) is 6.35. The molecule has 1 aromatic rings. The highest BCUT2D eigenvalue weighted by atomic mass is 32.2. The van der Waals surface area contributed by atoms with Crippen LogP contribution in [0.4, 0.5) is 5.13 Å². The SMILES string of the molecule is CC(C)(C)NC(=O)C[NH+]1CCN(C(=O)CSc2nnc(NC3CC3)s2)CC1. The van der Waals surface area contributed by atoms with E-state index < -0.39 is 0 Å². The fraction of sp³-hybridized carbons (Fsp3) is 0.765. The number of nitrogens with zero attached hydrogens (tertiary/aromatic N) is 3. The van der Waals surface area contributed by atoms with Crippen molar-refractivity contribution in [1.29, 1.82) is 0 Å². The molecule has 1 aromatic heterocycles. The van der Waals surface area contributed by atoms with E-state index in [-0.39, 0.29) is 17.4 Å². The Bertz CT molecular complexity index is 663.